The first-order valence-electron chi connectivity index (χ1n) is 6.79. The van der Waals surface area contributed by atoms with Crippen LogP contribution >= 0.6 is 11.1 Å². The Bertz CT molecular complexity index is 286. The van der Waals surface area contributed by atoms with Crippen molar-refractivity contribution in [2.45, 2.75) is 57.5 Å². The van der Waals surface area contributed by atoms with Gasteiger partial charge in [-0.3, -0.25) is 0 Å². The quantitative estimate of drug-likeness (QED) is 0.327. The van der Waals surface area contributed by atoms with Gasteiger partial charge in [0.1, 0.15) is 0 Å². The molecule has 0 aliphatic carbocycles. The summed E-state index contributed by atoms with van der Waals surface area (Å²) in [7, 11) is -0.644. The molecule has 0 saturated heterocycles. The third-order valence-corrected chi connectivity index (χ3v) is 6.18. The summed E-state index contributed by atoms with van der Waals surface area (Å²) in [5.41, 5.74) is 1.43. The fraction of sp³-hybridized carbons (Fsp3) is 0.600. The number of halogens is 1. The molecule has 1 rings (SSSR count). The number of hydrogen-bond donors (Lipinski definition) is 0. The molecule has 0 fully saturated rings. The molecule has 0 saturated carbocycles. The maximum absolute atomic E-state index is 6.51. The SMILES string of the molecule is CCCCCC[Si](Cl)CC(C)c1ccccc1. The lowest BCUT2D eigenvalue weighted by Crippen LogP contribution is -2.08. The normalized spacial score (nSPS) is 12.9. The fourth-order valence-corrected chi connectivity index (χ4v) is 4.91. The van der Waals surface area contributed by atoms with E-state index in [0.717, 1.165) is 0 Å². The topological polar surface area (TPSA) is 0 Å². The monoisotopic (exact) mass is 267 g/mol. The fourth-order valence-electron chi connectivity index (χ4n) is 2.08. The molecular formula is C15H24ClSi. The Morgan fingerprint density at radius 3 is 2.47 bits per heavy atom. The average molecular weight is 268 g/mol. The highest BCUT2D eigenvalue weighted by Crippen LogP contribution is 2.24. The standard InChI is InChI=1S/C15H24ClSi/c1-3-4-5-9-12-17(16)13-14(2)15-10-7-6-8-11-15/h6-8,10-11,14H,3-5,9,12-13H2,1-2H3. The number of rotatable bonds is 8. The Hall–Kier alpha value is -0.273. The van der Waals surface area contributed by atoms with E-state index in [0.29, 0.717) is 5.92 Å². The van der Waals surface area contributed by atoms with Crippen molar-refractivity contribution >= 4 is 19.2 Å². The molecule has 1 atom stereocenters. The molecule has 0 aliphatic heterocycles. The second-order valence-corrected chi connectivity index (χ2v) is 8.39. The minimum atomic E-state index is -0.644. The molecule has 17 heavy (non-hydrogen) atoms. The van der Waals surface area contributed by atoms with Crippen molar-refractivity contribution in [1.29, 1.82) is 0 Å². The molecule has 1 unspecified atom stereocenters. The van der Waals surface area contributed by atoms with E-state index in [2.05, 4.69) is 44.2 Å². The Morgan fingerprint density at radius 2 is 1.82 bits per heavy atom. The highest BCUT2D eigenvalue weighted by Gasteiger charge is 2.14. The molecular weight excluding hydrogens is 244 g/mol. The summed E-state index contributed by atoms with van der Waals surface area (Å²) in [6.45, 7) is 4.55. The number of unbranched alkanes of at least 4 members (excludes halogenated alkanes) is 3. The molecule has 0 heterocycles. The average Bonchev–Trinajstić information content (AvgIpc) is 2.36. The minimum Gasteiger partial charge on any atom is -0.169 e. The van der Waals surface area contributed by atoms with E-state index < -0.39 is 8.11 Å². The van der Waals surface area contributed by atoms with E-state index in [4.69, 9.17) is 11.1 Å². The van der Waals surface area contributed by atoms with E-state index in [1.807, 2.05) is 0 Å². The van der Waals surface area contributed by atoms with Crippen molar-refractivity contribution in [3.05, 3.63) is 35.9 Å². The van der Waals surface area contributed by atoms with Gasteiger partial charge in [-0.15, -0.1) is 0 Å². The molecule has 2 heteroatoms. The van der Waals surface area contributed by atoms with Gasteiger partial charge >= 0.3 is 0 Å². The first-order valence-corrected chi connectivity index (χ1v) is 9.71. The lowest BCUT2D eigenvalue weighted by Gasteiger charge is -2.14. The molecule has 0 aromatic heterocycles. The summed E-state index contributed by atoms with van der Waals surface area (Å²) < 4.78 is 0. The summed E-state index contributed by atoms with van der Waals surface area (Å²) in [6.07, 6.45) is 5.36. The summed E-state index contributed by atoms with van der Waals surface area (Å²) in [4.78, 5) is 0. The molecule has 0 aliphatic rings. The molecule has 1 aromatic rings. The molecule has 1 radical (unpaired) electrons. The maximum Gasteiger partial charge on any atom is 0.166 e. The lowest BCUT2D eigenvalue weighted by atomic mass is 10.0. The van der Waals surface area contributed by atoms with Gasteiger partial charge in [-0.2, -0.15) is 11.1 Å². The lowest BCUT2D eigenvalue weighted by molar-refractivity contribution is 0.697. The van der Waals surface area contributed by atoms with Crippen LogP contribution in [0.2, 0.25) is 12.1 Å². The summed E-state index contributed by atoms with van der Waals surface area (Å²) in [5, 5.41) is 0. The van der Waals surface area contributed by atoms with Gasteiger partial charge < -0.3 is 0 Å². The van der Waals surface area contributed by atoms with E-state index in [1.54, 1.807) is 0 Å². The van der Waals surface area contributed by atoms with Crippen LogP contribution in [0.4, 0.5) is 0 Å². The third kappa shape index (κ3) is 6.28. The first-order chi connectivity index (χ1) is 8.24. The highest BCUT2D eigenvalue weighted by molar-refractivity contribution is 7.07. The van der Waals surface area contributed by atoms with Gasteiger partial charge in [-0.25, -0.2) is 0 Å². The highest BCUT2D eigenvalue weighted by atomic mass is 35.6. The summed E-state index contributed by atoms with van der Waals surface area (Å²) in [6, 6.07) is 13.2. The van der Waals surface area contributed by atoms with Crippen molar-refractivity contribution in [3.63, 3.8) is 0 Å². The molecule has 0 N–H and O–H groups in total. The van der Waals surface area contributed by atoms with Gasteiger partial charge in [0.15, 0.2) is 8.11 Å². The second-order valence-electron chi connectivity index (χ2n) is 4.84. The summed E-state index contributed by atoms with van der Waals surface area (Å²) >= 11 is 6.51. The first kappa shape index (κ1) is 14.8. The van der Waals surface area contributed by atoms with Crippen LogP contribution in [0.3, 0.4) is 0 Å². The predicted molar refractivity (Wildman–Crippen MR) is 80.2 cm³/mol. The van der Waals surface area contributed by atoms with Crippen LogP contribution in [0.5, 0.6) is 0 Å². The van der Waals surface area contributed by atoms with Crippen LogP contribution in [-0.4, -0.2) is 8.11 Å². The molecule has 0 spiro atoms. The molecule has 0 bridgehead atoms. The van der Waals surface area contributed by atoms with E-state index in [9.17, 15) is 0 Å². The Balaban J connectivity index is 2.24. The van der Waals surface area contributed by atoms with Gasteiger partial charge in [0, 0.05) is 0 Å². The van der Waals surface area contributed by atoms with Crippen LogP contribution in [0.15, 0.2) is 30.3 Å². The Morgan fingerprint density at radius 1 is 1.12 bits per heavy atom. The van der Waals surface area contributed by atoms with Crippen molar-refractivity contribution in [2.75, 3.05) is 0 Å². The van der Waals surface area contributed by atoms with Gasteiger partial charge in [-0.05, 0) is 23.6 Å². The van der Waals surface area contributed by atoms with E-state index >= 15 is 0 Å². The molecule has 0 amide bonds. The smallest absolute Gasteiger partial charge is 0.166 e. The van der Waals surface area contributed by atoms with E-state index in [1.165, 1.54) is 43.3 Å². The van der Waals surface area contributed by atoms with Crippen molar-refractivity contribution in [3.8, 4) is 0 Å². The molecule has 95 valence electrons. The van der Waals surface area contributed by atoms with Crippen molar-refractivity contribution in [1.82, 2.24) is 0 Å². The largest absolute Gasteiger partial charge is 0.169 e. The Labute approximate surface area is 113 Å². The number of benzene rings is 1. The number of hydrogen-bond acceptors (Lipinski definition) is 0. The van der Waals surface area contributed by atoms with Crippen molar-refractivity contribution < 1.29 is 0 Å². The van der Waals surface area contributed by atoms with Crippen LogP contribution in [0.25, 0.3) is 0 Å². The molecule has 0 nitrogen and oxygen atoms in total. The van der Waals surface area contributed by atoms with Gasteiger partial charge in [0.2, 0.25) is 0 Å². The van der Waals surface area contributed by atoms with Gasteiger partial charge in [0.05, 0.1) is 0 Å². The van der Waals surface area contributed by atoms with Gasteiger partial charge in [0.25, 0.3) is 0 Å². The van der Waals surface area contributed by atoms with Gasteiger partial charge in [-0.1, -0.05) is 69.9 Å². The second kappa shape index (κ2) is 8.76. The maximum atomic E-state index is 6.51. The molecule has 1 aromatic carbocycles. The van der Waals surface area contributed by atoms with Crippen LogP contribution < -0.4 is 0 Å². The minimum absolute atomic E-state index is 0.619. The van der Waals surface area contributed by atoms with E-state index in [-0.39, 0.29) is 0 Å². The zero-order valence-electron chi connectivity index (χ0n) is 11.1. The van der Waals surface area contributed by atoms with Crippen LogP contribution in [-0.2, 0) is 0 Å². The zero-order chi connectivity index (χ0) is 12.5. The summed E-state index contributed by atoms with van der Waals surface area (Å²) in [5.74, 6) is 0.619. The predicted octanol–water partition coefficient (Wildman–Crippen LogP) is 5.60. The third-order valence-electron chi connectivity index (χ3n) is 3.20. The zero-order valence-corrected chi connectivity index (χ0v) is 12.8. The van der Waals surface area contributed by atoms with Crippen LogP contribution in [0.1, 0.15) is 51.0 Å². The van der Waals surface area contributed by atoms with Crippen LogP contribution in [0, 0.1) is 0 Å². The Kier molecular flexibility index (Phi) is 7.62. The van der Waals surface area contributed by atoms with Crippen molar-refractivity contribution in [2.24, 2.45) is 0 Å².